The molecule has 1 N–H and O–H groups in total. The number of thiazole rings is 1. The zero-order valence-corrected chi connectivity index (χ0v) is 17.0. The number of aryl methyl sites for hydroxylation is 1. The van der Waals surface area contributed by atoms with E-state index >= 15 is 0 Å². The third-order valence-electron chi connectivity index (χ3n) is 3.64. The second kappa shape index (κ2) is 10.4. The summed E-state index contributed by atoms with van der Waals surface area (Å²) in [4.78, 5) is 16.6. The van der Waals surface area contributed by atoms with Crippen LogP contribution in [-0.2, 0) is 6.42 Å². The molecule has 2 aromatic rings. The number of halogens is 1. The maximum absolute atomic E-state index is 12.4. The molecule has 1 heterocycles. The molecular formula is C19H25ClN2O3S. The number of carbonyl (C=O) groups is 1. The smallest absolute Gasteiger partial charge is 0.251 e. The van der Waals surface area contributed by atoms with Gasteiger partial charge >= 0.3 is 0 Å². The molecule has 0 aliphatic carbocycles. The lowest BCUT2D eigenvalue weighted by Gasteiger charge is -2.15. The van der Waals surface area contributed by atoms with Gasteiger partial charge in [-0.3, -0.25) is 4.79 Å². The van der Waals surface area contributed by atoms with Gasteiger partial charge in [0.1, 0.15) is 0 Å². The first kappa shape index (κ1) is 20.5. The molecule has 0 bridgehead atoms. The predicted molar refractivity (Wildman–Crippen MR) is 106 cm³/mol. The summed E-state index contributed by atoms with van der Waals surface area (Å²) in [6.07, 6.45) is 4.63. The molecule has 1 amide bonds. The number of hydrogen-bond acceptors (Lipinski definition) is 5. The zero-order valence-electron chi connectivity index (χ0n) is 15.4. The van der Waals surface area contributed by atoms with Gasteiger partial charge in [-0.15, -0.1) is 11.3 Å². The molecule has 2 rings (SSSR count). The molecule has 1 aromatic heterocycles. The Bertz CT molecular complexity index is 705. The van der Waals surface area contributed by atoms with Crippen LogP contribution in [0.1, 0.15) is 42.1 Å². The fourth-order valence-electron chi connectivity index (χ4n) is 2.32. The van der Waals surface area contributed by atoms with E-state index in [9.17, 15) is 4.79 Å². The standard InChI is InChI=1S/C19H25ClN2O3S/c1-13(2)12-25-18-15(20)10-14(11-16(18)24-3)19(23)22-7-5-4-6-17-21-8-9-26-17/h8-11,13H,4-7,12H2,1-3H3,(H,22,23). The molecule has 5 nitrogen and oxygen atoms in total. The lowest BCUT2D eigenvalue weighted by atomic mass is 10.1. The van der Waals surface area contributed by atoms with Crippen LogP contribution < -0.4 is 14.8 Å². The first-order chi connectivity index (χ1) is 12.5. The highest BCUT2D eigenvalue weighted by Crippen LogP contribution is 2.36. The summed E-state index contributed by atoms with van der Waals surface area (Å²) < 4.78 is 11.0. The topological polar surface area (TPSA) is 60.5 Å². The number of rotatable bonds is 10. The molecule has 0 aliphatic rings. The van der Waals surface area contributed by atoms with Gasteiger partial charge in [0.05, 0.1) is 23.7 Å². The monoisotopic (exact) mass is 396 g/mol. The number of nitrogens with zero attached hydrogens (tertiary/aromatic N) is 1. The Labute approximate surface area is 163 Å². The molecule has 0 radical (unpaired) electrons. The van der Waals surface area contributed by atoms with Crippen LogP contribution in [0.2, 0.25) is 5.02 Å². The molecule has 26 heavy (non-hydrogen) atoms. The van der Waals surface area contributed by atoms with E-state index in [1.807, 2.05) is 11.6 Å². The van der Waals surface area contributed by atoms with E-state index in [1.165, 1.54) is 7.11 Å². The molecule has 7 heteroatoms. The Balaban J connectivity index is 1.88. The molecule has 0 atom stereocenters. The van der Waals surface area contributed by atoms with Gasteiger partial charge in [0.25, 0.3) is 5.91 Å². The molecule has 0 spiro atoms. The van der Waals surface area contributed by atoms with E-state index in [0.717, 1.165) is 24.3 Å². The second-order valence-corrected chi connectivity index (χ2v) is 7.72. The zero-order chi connectivity index (χ0) is 18.9. The number of benzene rings is 1. The third-order valence-corrected chi connectivity index (χ3v) is 4.76. The average molecular weight is 397 g/mol. The Hall–Kier alpha value is -1.79. The first-order valence-corrected chi connectivity index (χ1v) is 9.94. The van der Waals surface area contributed by atoms with Crippen molar-refractivity contribution in [2.45, 2.75) is 33.1 Å². The summed E-state index contributed by atoms with van der Waals surface area (Å²) in [5.74, 6) is 1.13. The largest absolute Gasteiger partial charge is 0.493 e. The minimum absolute atomic E-state index is 0.171. The van der Waals surface area contributed by atoms with Crippen LogP contribution in [0.25, 0.3) is 0 Å². The van der Waals surface area contributed by atoms with E-state index in [1.54, 1.807) is 23.5 Å². The fraction of sp³-hybridized carbons (Fsp3) is 0.474. The second-order valence-electron chi connectivity index (χ2n) is 6.33. The number of aromatic nitrogens is 1. The van der Waals surface area contributed by atoms with E-state index in [4.69, 9.17) is 21.1 Å². The van der Waals surface area contributed by atoms with Crippen molar-refractivity contribution < 1.29 is 14.3 Å². The van der Waals surface area contributed by atoms with Crippen molar-refractivity contribution in [1.82, 2.24) is 10.3 Å². The fourth-order valence-corrected chi connectivity index (χ4v) is 3.25. The molecule has 0 saturated carbocycles. The van der Waals surface area contributed by atoms with Gasteiger partial charge in [-0.05, 0) is 37.3 Å². The Morgan fingerprint density at radius 2 is 2.15 bits per heavy atom. The Morgan fingerprint density at radius 3 is 2.81 bits per heavy atom. The van der Waals surface area contributed by atoms with Crippen LogP contribution in [0.3, 0.4) is 0 Å². The highest BCUT2D eigenvalue weighted by atomic mass is 35.5. The van der Waals surface area contributed by atoms with Crippen LogP contribution in [0.4, 0.5) is 0 Å². The van der Waals surface area contributed by atoms with Gasteiger partial charge in [0.15, 0.2) is 11.5 Å². The van der Waals surface area contributed by atoms with Gasteiger partial charge < -0.3 is 14.8 Å². The van der Waals surface area contributed by atoms with Gasteiger partial charge in [-0.2, -0.15) is 0 Å². The van der Waals surface area contributed by atoms with Crippen molar-refractivity contribution in [1.29, 1.82) is 0 Å². The number of amides is 1. The van der Waals surface area contributed by atoms with Crippen molar-refractivity contribution >= 4 is 28.8 Å². The average Bonchev–Trinajstić information content (AvgIpc) is 3.12. The maximum atomic E-state index is 12.4. The summed E-state index contributed by atoms with van der Waals surface area (Å²) in [7, 11) is 1.54. The van der Waals surface area contributed by atoms with Crippen LogP contribution in [0.5, 0.6) is 11.5 Å². The van der Waals surface area contributed by atoms with E-state index in [0.29, 0.717) is 41.2 Å². The third kappa shape index (κ3) is 6.18. The van der Waals surface area contributed by atoms with Crippen LogP contribution in [-0.4, -0.2) is 31.2 Å². The molecule has 0 aliphatic heterocycles. The summed E-state index contributed by atoms with van der Waals surface area (Å²) in [5.41, 5.74) is 0.462. The van der Waals surface area contributed by atoms with Gasteiger partial charge in [0, 0.05) is 23.7 Å². The van der Waals surface area contributed by atoms with Gasteiger partial charge in [-0.1, -0.05) is 25.4 Å². The van der Waals surface area contributed by atoms with Gasteiger partial charge in [-0.25, -0.2) is 4.98 Å². The van der Waals surface area contributed by atoms with E-state index < -0.39 is 0 Å². The summed E-state index contributed by atoms with van der Waals surface area (Å²) in [6.45, 7) is 5.24. The van der Waals surface area contributed by atoms with Crippen LogP contribution in [0.15, 0.2) is 23.7 Å². The molecular weight excluding hydrogens is 372 g/mol. The Kier molecular flexibility index (Phi) is 8.19. The lowest BCUT2D eigenvalue weighted by molar-refractivity contribution is 0.0952. The minimum Gasteiger partial charge on any atom is -0.493 e. The van der Waals surface area contributed by atoms with E-state index in [2.05, 4.69) is 24.1 Å². The van der Waals surface area contributed by atoms with Crippen LogP contribution >= 0.6 is 22.9 Å². The highest BCUT2D eigenvalue weighted by molar-refractivity contribution is 7.09. The summed E-state index contributed by atoms with van der Waals surface area (Å²) in [6, 6.07) is 3.27. The molecule has 0 unspecified atom stereocenters. The normalized spacial score (nSPS) is 10.8. The number of nitrogens with one attached hydrogen (secondary N) is 1. The first-order valence-electron chi connectivity index (χ1n) is 8.68. The van der Waals surface area contributed by atoms with Crippen molar-refractivity contribution in [3.8, 4) is 11.5 Å². The van der Waals surface area contributed by atoms with Crippen molar-refractivity contribution in [2.75, 3.05) is 20.3 Å². The number of ether oxygens (including phenoxy) is 2. The number of methoxy groups -OCH3 is 1. The minimum atomic E-state index is -0.171. The maximum Gasteiger partial charge on any atom is 0.251 e. The van der Waals surface area contributed by atoms with Crippen molar-refractivity contribution in [3.63, 3.8) is 0 Å². The number of carbonyl (C=O) groups excluding carboxylic acids is 1. The lowest BCUT2D eigenvalue weighted by Crippen LogP contribution is -2.24. The van der Waals surface area contributed by atoms with Crippen LogP contribution in [0, 0.1) is 5.92 Å². The predicted octanol–water partition coefficient (Wildman–Crippen LogP) is 4.59. The SMILES string of the molecule is COc1cc(C(=O)NCCCCc2nccs2)cc(Cl)c1OCC(C)C. The number of unbranched alkanes of at least 4 members (excludes halogenated alkanes) is 1. The van der Waals surface area contributed by atoms with Crippen molar-refractivity contribution in [2.24, 2.45) is 5.92 Å². The Morgan fingerprint density at radius 1 is 1.35 bits per heavy atom. The summed E-state index contributed by atoms with van der Waals surface area (Å²) in [5, 5.41) is 6.39. The molecule has 1 aromatic carbocycles. The molecule has 142 valence electrons. The number of hydrogen-bond donors (Lipinski definition) is 1. The summed E-state index contributed by atoms with van der Waals surface area (Å²) >= 11 is 7.95. The highest BCUT2D eigenvalue weighted by Gasteiger charge is 2.16. The van der Waals surface area contributed by atoms with Crippen molar-refractivity contribution in [3.05, 3.63) is 39.3 Å². The molecule has 0 saturated heterocycles. The molecule has 0 fully saturated rings. The van der Waals surface area contributed by atoms with E-state index in [-0.39, 0.29) is 5.91 Å². The quantitative estimate of drug-likeness (QED) is 0.596. The van der Waals surface area contributed by atoms with Gasteiger partial charge in [0.2, 0.25) is 0 Å².